The monoisotopic (exact) mass is 234 g/mol. The highest BCUT2D eigenvalue weighted by Gasteiger charge is 2.24. The number of nitriles is 1. The van der Waals surface area contributed by atoms with Crippen LogP contribution in [0.15, 0.2) is 24.3 Å². The zero-order valence-corrected chi connectivity index (χ0v) is 9.96. The van der Waals surface area contributed by atoms with Crippen LogP contribution in [0.4, 0.5) is 4.39 Å². The van der Waals surface area contributed by atoms with Gasteiger partial charge in [-0.1, -0.05) is 32.0 Å². The summed E-state index contributed by atoms with van der Waals surface area (Å²) < 4.78 is 13.6. The van der Waals surface area contributed by atoms with Crippen LogP contribution in [0.1, 0.15) is 25.8 Å². The molecule has 1 aromatic carbocycles. The number of rotatable bonds is 4. The molecule has 0 aromatic heterocycles. The number of carbonyl (C=O) groups is 1. The van der Waals surface area contributed by atoms with Gasteiger partial charge in [0.2, 0.25) is 5.91 Å². The third kappa shape index (κ3) is 3.56. The molecule has 0 saturated carbocycles. The molecule has 0 unspecified atom stereocenters. The number of hydrogen-bond donors (Lipinski definition) is 1. The lowest BCUT2D eigenvalue weighted by atomic mass is 9.84. The number of amides is 1. The van der Waals surface area contributed by atoms with E-state index in [0.29, 0.717) is 12.1 Å². The van der Waals surface area contributed by atoms with Crippen LogP contribution in [0.5, 0.6) is 0 Å². The van der Waals surface area contributed by atoms with Gasteiger partial charge in [0.15, 0.2) is 0 Å². The Morgan fingerprint density at radius 3 is 2.71 bits per heavy atom. The van der Waals surface area contributed by atoms with Crippen LogP contribution in [-0.2, 0) is 10.2 Å². The number of benzene rings is 1. The molecule has 0 aliphatic heterocycles. The van der Waals surface area contributed by atoms with E-state index in [1.165, 1.54) is 6.07 Å². The summed E-state index contributed by atoms with van der Waals surface area (Å²) in [6.45, 7) is 3.99. The Labute approximate surface area is 100 Å². The molecular weight excluding hydrogens is 219 g/mol. The van der Waals surface area contributed by atoms with Crippen molar-refractivity contribution in [3.63, 3.8) is 0 Å². The quantitative estimate of drug-likeness (QED) is 0.867. The summed E-state index contributed by atoms with van der Waals surface area (Å²) in [7, 11) is 0. The van der Waals surface area contributed by atoms with Gasteiger partial charge in [0.05, 0.1) is 6.07 Å². The van der Waals surface area contributed by atoms with Gasteiger partial charge in [-0.3, -0.25) is 4.79 Å². The van der Waals surface area contributed by atoms with Crippen molar-refractivity contribution in [1.82, 2.24) is 5.32 Å². The van der Waals surface area contributed by atoms with Gasteiger partial charge in [-0.2, -0.15) is 5.26 Å². The zero-order chi connectivity index (χ0) is 12.9. The summed E-state index contributed by atoms with van der Waals surface area (Å²) >= 11 is 0. The van der Waals surface area contributed by atoms with E-state index in [-0.39, 0.29) is 18.1 Å². The molecule has 0 saturated heterocycles. The maximum Gasteiger partial charge on any atom is 0.234 e. The first-order chi connectivity index (χ1) is 7.97. The van der Waals surface area contributed by atoms with Crippen LogP contribution in [0, 0.1) is 17.1 Å². The average Bonchev–Trinajstić information content (AvgIpc) is 2.27. The second kappa shape index (κ2) is 5.44. The molecule has 0 radical (unpaired) electrons. The molecule has 0 aliphatic carbocycles. The van der Waals surface area contributed by atoms with Crippen LogP contribution >= 0.6 is 0 Å². The van der Waals surface area contributed by atoms with Gasteiger partial charge in [-0.05, 0) is 11.6 Å². The molecule has 90 valence electrons. The van der Waals surface area contributed by atoms with Gasteiger partial charge in [0, 0.05) is 12.0 Å². The predicted octanol–water partition coefficient (Wildman–Crippen LogP) is 2.13. The number of nitrogens with one attached hydrogen (secondary N) is 1. The van der Waals surface area contributed by atoms with E-state index in [4.69, 9.17) is 5.26 Å². The lowest BCUT2D eigenvalue weighted by Gasteiger charge is -2.25. The SMILES string of the molecule is CC(C)(CNC(=O)CC#N)c1ccccc1F. The fourth-order valence-corrected chi connectivity index (χ4v) is 1.56. The number of nitrogens with zero attached hydrogens (tertiary/aromatic N) is 1. The fraction of sp³-hybridized carbons (Fsp3) is 0.385. The number of hydrogen-bond acceptors (Lipinski definition) is 2. The molecule has 4 heteroatoms. The van der Waals surface area contributed by atoms with Crippen LogP contribution in [0.2, 0.25) is 0 Å². The van der Waals surface area contributed by atoms with Crippen LogP contribution in [-0.4, -0.2) is 12.5 Å². The number of carbonyl (C=O) groups excluding carboxylic acids is 1. The van der Waals surface area contributed by atoms with Crippen molar-refractivity contribution in [2.45, 2.75) is 25.7 Å². The van der Waals surface area contributed by atoms with Crippen LogP contribution in [0.25, 0.3) is 0 Å². The largest absolute Gasteiger partial charge is 0.354 e. The van der Waals surface area contributed by atoms with Gasteiger partial charge in [0.1, 0.15) is 12.2 Å². The van der Waals surface area contributed by atoms with Gasteiger partial charge >= 0.3 is 0 Å². The summed E-state index contributed by atoms with van der Waals surface area (Å²) in [5, 5.41) is 11.0. The summed E-state index contributed by atoms with van der Waals surface area (Å²) in [6, 6.07) is 8.26. The molecule has 0 bridgehead atoms. The molecule has 1 aromatic rings. The first-order valence-corrected chi connectivity index (χ1v) is 5.36. The van der Waals surface area contributed by atoms with E-state index < -0.39 is 5.41 Å². The van der Waals surface area contributed by atoms with Gasteiger partial charge in [-0.15, -0.1) is 0 Å². The Morgan fingerprint density at radius 1 is 1.47 bits per heavy atom. The van der Waals surface area contributed by atoms with Crippen molar-refractivity contribution >= 4 is 5.91 Å². The first-order valence-electron chi connectivity index (χ1n) is 5.36. The van der Waals surface area contributed by atoms with Crippen molar-refractivity contribution < 1.29 is 9.18 Å². The van der Waals surface area contributed by atoms with Crippen LogP contribution in [0.3, 0.4) is 0 Å². The van der Waals surface area contributed by atoms with Crippen molar-refractivity contribution in [2.75, 3.05) is 6.54 Å². The minimum atomic E-state index is -0.504. The zero-order valence-electron chi connectivity index (χ0n) is 9.96. The maximum absolute atomic E-state index is 13.6. The lowest BCUT2D eigenvalue weighted by Crippen LogP contribution is -2.37. The van der Waals surface area contributed by atoms with Crippen molar-refractivity contribution in [1.29, 1.82) is 5.26 Å². The van der Waals surface area contributed by atoms with Crippen molar-refractivity contribution in [3.05, 3.63) is 35.6 Å². The molecule has 0 fully saturated rings. The maximum atomic E-state index is 13.6. The molecular formula is C13H15FN2O. The molecule has 1 rings (SSSR count). The topological polar surface area (TPSA) is 52.9 Å². The van der Waals surface area contributed by atoms with E-state index in [1.54, 1.807) is 24.3 Å². The van der Waals surface area contributed by atoms with E-state index in [9.17, 15) is 9.18 Å². The molecule has 0 spiro atoms. The molecule has 1 amide bonds. The summed E-state index contributed by atoms with van der Waals surface area (Å²) in [4.78, 5) is 11.2. The Morgan fingerprint density at radius 2 is 2.12 bits per heavy atom. The predicted molar refractivity (Wildman–Crippen MR) is 62.7 cm³/mol. The molecule has 1 N–H and O–H groups in total. The van der Waals surface area contributed by atoms with Gasteiger partial charge in [-0.25, -0.2) is 4.39 Å². The number of halogens is 1. The normalized spacial score (nSPS) is 10.7. The van der Waals surface area contributed by atoms with Crippen molar-refractivity contribution in [3.8, 4) is 6.07 Å². The van der Waals surface area contributed by atoms with Gasteiger partial charge in [0.25, 0.3) is 0 Å². The highest BCUT2D eigenvalue weighted by Crippen LogP contribution is 2.24. The van der Waals surface area contributed by atoms with E-state index in [1.807, 2.05) is 13.8 Å². The van der Waals surface area contributed by atoms with E-state index >= 15 is 0 Å². The second-order valence-corrected chi connectivity index (χ2v) is 4.48. The molecule has 3 nitrogen and oxygen atoms in total. The average molecular weight is 234 g/mol. The van der Waals surface area contributed by atoms with E-state index in [2.05, 4.69) is 5.32 Å². The third-order valence-corrected chi connectivity index (χ3v) is 2.57. The molecule has 0 atom stereocenters. The third-order valence-electron chi connectivity index (χ3n) is 2.57. The lowest BCUT2D eigenvalue weighted by molar-refractivity contribution is -0.120. The second-order valence-electron chi connectivity index (χ2n) is 4.48. The molecule has 0 heterocycles. The molecule has 17 heavy (non-hydrogen) atoms. The summed E-state index contributed by atoms with van der Waals surface area (Å²) in [5.74, 6) is -0.621. The van der Waals surface area contributed by atoms with Crippen molar-refractivity contribution in [2.24, 2.45) is 0 Å². The standard InChI is InChI=1S/C13H15FN2O/c1-13(2,9-16-12(17)7-8-15)10-5-3-4-6-11(10)14/h3-6H,7,9H2,1-2H3,(H,16,17). The highest BCUT2D eigenvalue weighted by molar-refractivity contribution is 5.78. The fourth-order valence-electron chi connectivity index (χ4n) is 1.56. The Balaban J connectivity index is 2.73. The van der Waals surface area contributed by atoms with E-state index in [0.717, 1.165) is 0 Å². The first kappa shape index (κ1) is 13.2. The molecule has 0 aliphatic rings. The highest BCUT2D eigenvalue weighted by atomic mass is 19.1. The Hall–Kier alpha value is -1.89. The van der Waals surface area contributed by atoms with Gasteiger partial charge < -0.3 is 5.32 Å². The Kier molecular flexibility index (Phi) is 4.22. The summed E-state index contributed by atoms with van der Waals surface area (Å²) in [6.07, 6.45) is -0.173. The Bertz CT molecular complexity index is 449. The summed E-state index contributed by atoms with van der Waals surface area (Å²) in [5.41, 5.74) is 0.0495. The smallest absolute Gasteiger partial charge is 0.234 e. The van der Waals surface area contributed by atoms with Crippen LogP contribution < -0.4 is 5.32 Å². The minimum absolute atomic E-state index is 0.173. The minimum Gasteiger partial charge on any atom is -0.354 e.